The van der Waals surface area contributed by atoms with Crippen LogP contribution in [0.15, 0.2) is 29.6 Å². The average Bonchev–Trinajstić information content (AvgIpc) is 2.78. The highest BCUT2D eigenvalue weighted by atomic mass is 32.1. The van der Waals surface area contributed by atoms with Gasteiger partial charge in [0.1, 0.15) is 10.8 Å². The van der Waals surface area contributed by atoms with E-state index in [0.717, 1.165) is 16.5 Å². The summed E-state index contributed by atoms with van der Waals surface area (Å²) >= 11 is 1.68. The lowest BCUT2D eigenvalue weighted by Crippen LogP contribution is -2.17. The van der Waals surface area contributed by atoms with Crippen LogP contribution in [-0.4, -0.2) is 19.1 Å². The molecule has 1 heterocycles. The van der Waals surface area contributed by atoms with Crippen LogP contribution >= 0.6 is 11.3 Å². The molecule has 1 N–H and O–H groups in total. The summed E-state index contributed by atoms with van der Waals surface area (Å²) in [6, 6.07) is 8.23. The van der Waals surface area contributed by atoms with E-state index in [9.17, 15) is 0 Å². The smallest absolute Gasteiger partial charge is 0.118 e. The number of methoxy groups -OCH3 is 1. The van der Waals surface area contributed by atoms with Gasteiger partial charge in [0.15, 0.2) is 0 Å². The van der Waals surface area contributed by atoms with Crippen molar-refractivity contribution in [2.24, 2.45) is 0 Å². The molecule has 0 radical (unpaired) electrons. The van der Waals surface area contributed by atoms with Crippen LogP contribution in [-0.2, 0) is 0 Å². The Morgan fingerprint density at radius 3 is 2.47 bits per heavy atom. The molecule has 17 heavy (non-hydrogen) atoms. The lowest BCUT2D eigenvalue weighted by Gasteiger charge is -2.14. The molecule has 4 heteroatoms. The molecule has 0 saturated heterocycles. The van der Waals surface area contributed by atoms with Crippen LogP contribution in [0.4, 0.5) is 0 Å². The van der Waals surface area contributed by atoms with Crippen LogP contribution < -0.4 is 10.1 Å². The van der Waals surface area contributed by atoms with Crippen LogP contribution in [0, 0.1) is 6.92 Å². The monoisotopic (exact) mass is 248 g/mol. The maximum atomic E-state index is 5.16. The predicted molar refractivity (Wildman–Crippen MR) is 70.7 cm³/mol. The van der Waals surface area contributed by atoms with Crippen molar-refractivity contribution in [1.29, 1.82) is 0 Å². The predicted octanol–water partition coefficient (Wildman–Crippen LogP) is 2.77. The van der Waals surface area contributed by atoms with Gasteiger partial charge in [-0.1, -0.05) is 12.1 Å². The van der Waals surface area contributed by atoms with Crippen molar-refractivity contribution in [3.63, 3.8) is 0 Å². The van der Waals surface area contributed by atoms with Crippen molar-refractivity contribution in [2.45, 2.75) is 13.0 Å². The zero-order chi connectivity index (χ0) is 12.3. The van der Waals surface area contributed by atoms with E-state index in [0.29, 0.717) is 0 Å². The minimum absolute atomic E-state index is 0.152. The summed E-state index contributed by atoms with van der Waals surface area (Å²) < 4.78 is 5.16. The lowest BCUT2D eigenvalue weighted by atomic mass is 10.1. The number of hydrogen-bond acceptors (Lipinski definition) is 4. The number of aromatic nitrogens is 1. The largest absolute Gasteiger partial charge is 0.497 e. The second kappa shape index (κ2) is 5.29. The number of rotatable bonds is 4. The zero-order valence-corrected chi connectivity index (χ0v) is 11.0. The Morgan fingerprint density at radius 2 is 2.00 bits per heavy atom. The van der Waals surface area contributed by atoms with Crippen LogP contribution in [0.25, 0.3) is 0 Å². The normalized spacial score (nSPS) is 12.4. The Morgan fingerprint density at radius 1 is 1.29 bits per heavy atom. The van der Waals surface area contributed by atoms with Crippen molar-refractivity contribution in [1.82, 2.24) is 10.3 Å². The standard InChI is InChI=1S/C13H16N2OS/c1-9-8-17-13(15-9)12(14-2)10-4-6-11(16-3)7-5-10/h4-8,12,14H,1-3H3. The van der Waals surface area contributed by atoms with E-state index in [4.69, 9.17) is 4.74 Å². The highest BCUT2D eigenvalue weighted by Gasteiger charge is 2.15. The summed E-state index contributed by atoms with van der Waals surface area (Å²) in [5.41, 5.74) is 2.27. The summed E-state index contributed by atoms with van der Waals surface area (Å²) in [4.78, 5) is 4.53. The van der Waals surface area contributed by atoms with Gasteiger partial charge in [0.05, 0.1) is 13.2 Å². The Hall–Kier alpha value is -1.39. The second-order valence-corrected chi connectivity index (χ2v) is 4.71. The van der Waals surface area contributed by atoms with Gasteiger partial charge in [0.25, 0.3) is 0 Å². The molecule has 0 bridgehead atoms. The number of nitrogens with zero attached hydrogens (tertiary/aromatic N) is 1. The van der Waals surface area contributed by atoms with Crippen molar-refractivity contribution in [2.75, 3.05) is 14.2 Å². The van der Waals surface area contributed by atoms with Gasteiger partial charge in [0, 0.05) is 11.1 Å². The van der Waals surface area contributed by atoms with Crippen molar-refractivity contribution in [3.8, 4) is 5.75 Å². The molecule has 2 aromatic rings. The molecular formula is C13H16N2OS. The van der Waals surface area contributed by atoms with Gasteiger partial charge >= 0.3 is 0 Å². The molecule has 3 nitrogen and oxygen atoms in total. The first-order valence-corrected chi connectivity index (χ1v) is 6.36. The van der Waals surface area contributed by atoms with Crippen molar-refractivity contribution < 1.29 is 4.74 Å². The third kappa shape index (κ3) is 2.65. The molecule has 1 unspecified atom stereocenters. The topological polar surface area (TPSA) is 34.1 Å². The average molecular weight is 248 g/mol. The fourth-order valence-corrected chi connectivity index (χ4v) is 2.66. The van der Waals surface area contributed by atoms with Crippen LogP contribution in [0.1, 0.15) is 22.3 Å². The molecule has 0 aliphatic rings. The molecule has 0 amide bonds. The van der Waals surface area contributed by atoms with E-state index >= 15 is 0 Å². The van der Waals surface area contributed by atoms with E-state index in [1.165, 1.54) is 5.56 Å². The zero-order valence-electron chi connectivity index (χ0n) is 10.2. The van der Waals surface area contributed by atoms with Crippen molar-refractivity contribution in [3.05, 3.63) is 45.9 Å². The minimum atomic E-state index is 0.152. The molecule has 0 saturated carbocycles. The van der Waals surface area contributed by atoms with Gasteiger partial charge in [0.2, 0.25) is 0 Å². The third-order valence-electron chi connectivity index (χ3n) is 2.62. The summed E-state index contributed by atoms with van der Waals surface area (Å²) in [6.07, 6.45) is 0. The molecule has 90 valence electrons. The molecule has 2 rings (SSSR count). The van der Waals surface area contributed by atoms with Gasteiger partial charge in [-0.25, -0.2) is 4.98 Å². The number of ether oxygens (including phenoxy) is 1. The molecule has 1 atom stereocenters. The number of aryl methyl sites for hydroxylation is 1. The fourth-order valence-electron chi connectivity index (χ4n) is 1.73. The van der Waals surface area contributed by atoms with E-state index < -0.39 is 0 Å². The Balaban J connectivity index is 2.28. The summed E-state index contributed by atoms with van der Waals surface area (Å²) in [5.74, 6) is 0.874. The maximum absolute atomic E-state index is 5.16. The highest BCUT2D eigenvalue weighted by Crippen LogP contribution is 2.26. The number of nitrogens with one attached hydrogen (secondary N) is 1. The Labute approximate surface area is 105 Å². The number of thiazole rings is 1. The van der Waals surface area contributed by atoms with Gasteiger partial charge in [-0.3, -0.25) is 0 Å². The molecule has 0 aliphatic heterocycles. The quantitative estimate of drug-likeness (QED) is 0.903. The van der Waals surface area contributed by atoms with Crippen LogP contribution in [0.5, 0.6) is 5.75 Å². The molecule has 1 aromatic carbocycles. The van der Waals surface area contributed by atoms with Crippen molar-refractivity contribution >= 4 is 11.3 Å². The van der Waals surface area contributed by atoms with Gasteiger partial charge < -0.3 is 10.1 Å². The third-order valence-corrected chi connectivity index (χ3v) is 3.65. The molecule has 0 aliphatic carbocycles. The first-order chi connectivity index (χ1) is 8.24. The fraction of sp³-hybridized carbons (Fsp3) is 0.308. The van der Waals surface area contributed by atoms with E-state index in [-0.39, 0.29) is 6.04 Å². The van der Waals surface area contributed by atoms with Crippen LogP contribution in [0.3, 0.4) is 0 Å². The van der Waals surface area contributed by atoms with E-state index in [1.807, 2.05) is 26.1 Å². The first-order valence-electron chi connectivity index (χ1n) is 5.48. The highest BCUT2D eigenvalue weighted by molar-refractivity contribution is 7.09. The summed E-state index contributed by atoms with van der Waals surface area (Å²) in [5, 5.41) is 6.46. The SMILES string of the molecule is CNC(c1ccc(OC)cc1)c1nc(C)cs1. The number of benzene rings is 1. The molecular weight excluding hydrogens is 232 g/mol. The number of hydrogen-bond donors (Lipinski definition) is 1. The second-order valence-electron chi connectivity index (χ2n) is 3.82. The summed E-state index contributed by atoms with van der Waals surface area (Å²) in [6.45, 7) is 2.01. The van der Waals surface area contributed by atoms with Crippen LogP contribution in [0.2, 0.25) is 0 Å². The molecule has 0 fully saturated rings. The van der Waals surface area contributed by atoms with Gasteiger partial charge in [-0.15, -0.1) is 11.3 Å². The van der Waals surface area contributed by atoms with E-state index in [1.54, 1.807) is 18.4 Å². The Kier molecular flexibility index (Phi) is 3.76. The van der Waals surface area contributed by atoms with E-state index in [2.05, 4.69) is 27.8 Å². The van der Waals surface area contributed by atoms with Gasteiger partial charge in [-0.05, 0) is 31.7 Å². The van der Waals surface area contributed by atoms with Gasteiger partial charge in [-0.2, -0.15) is 0 Å². The minimum Gasteiger partial charge on any atom is -0.497 e. The molecule has 0 spiro atoms. The summed E-state index contributed by atoms with van der Waals surface area (Å²) in [7, 11) is 3.63. The maximum Gasteiger partial charge on any atom is 0.118 e. The molecule has 1 aromatic heterocycles. The Bertz CT molecular complexity index is 478. The lowest BCUT2D eigenvalue weighted by molar-refractivity contribution is 0.414. The first kappa shape index (κ1) is 12.1.